The summed E-state index contributed by atoms with van der Waals surface area (Å²) < 4.78 is 4.72. The summed E-state index contributed by atoms with van der Waals surface area (Å²) in [6.45, 7) is 1.96. The Balaban J connectivity index is 1.57. The summed E-state index contributed by atoms with van der Waals surface area (Å²) in [5.74, 6) is -0.515. The molecule has 0 bridgehead atoms. The Morgan fingerprint density at radius 3 is 2.10 bits per heavy atom. The third-order valence-electron chi connectivity index (χ3n) is 7.56. The molecule has 0 unspecified atom stereocenters. The van der Waals surface area contributed by atoms with Crippen molar-refractivity contribution in [3.8, 4) is 11.1 Å². The van der Waals surface area contributed by atoms with E-state index in [9.17, 15) is 14.4 Å². The molecule has 4 rings (SSSR count). The van der Waals surface area contributed by atoms with Gasteiger partial charge in [-0.2, -0.15) is 0 Å². The number of hydrogen-bond acceptors (Lipinski definition) is 5. The second-order valence-electron chi connectivity index (χ2n) is 10.8. The molecule has 41 heavy (non-hydrogen) atoms. The molecule has 7 heteroatoms. The molecular formula is C34H39N3O4. The fourth-order valence-electron chi connectivity index (χ4n) is 5.25. The molecule has 0 atom stereocenters. The van der Waals surface area contributed by atoms with E-state index in [0.717, 1.165) is 59.3 Å². The van der Waals surface area contributed by atoms with Gasteiger partial charge in [0, 0.05) is 50.4 Å². The maximum absolute atomic E-state index is 14.0. The zero-order valence-electron chi connectivity index (χ0n) is 24.3. The van der Waals surface area contributed by atoms with Gasteiger partial charge < -0.3 is 19.9 Å². The van der Waals surface area contributed by atoms with Crippen molar-refractivity contribution >= 4 is 35.2 Å². The number of anilines is 2. The van der Waals surface area contributed by atoms with Crippen LogP contribution in [0.25, 0.3) is 17.2 Å². The average molecular weight is 554 g/mol. The van der Waals surface area contributed by atoms with Crippen molar-refractivity contribution < 1.29 is 19.1 Å². The number of hydrogen-bond donors (Lipinski definition) is 1. The molecule has 0 aromatic heterocycles. The van der Waals surface area contributed by atoms with Gasteiger partial charge in [-0.25, -0.2) is 4.79 Å². The number of nitrogens with one attached hydrogen (secondary N) is 1. The van der Waals surface area contributed by atoms with Crippen molar-refractivity contribution in [2.45, 2.75) is 45.2 Å². The van der Waals surface area contributed by atoms with Gasteiger partial charge in [0.1, 0.15) is 0 Å². The van der Waals surface area contributed by atoms with Crippen LogP contribution in [0.3, 0.4) is 0 Å². The first-order chi connectivity index (χ1) is 19.7. The van der Waals surface area contributed by atoms with Gasteiger partial charge in [0.25, 0.3) is 0 Å². The zero-order valence-corrected chi connectivity index (χ0v) is 24.3. The minimum Gasteiger partial charge on any atom is -0.466 e. The average Bonchev–Trinajstić information content (AvgIpc) is 2.99. The van der Waals surface area contributed by atoms with Crippen LogP contribution in [0.15, 0.2) is 78.9 Å². The lowest BCUT2D eigenvalue weighted by molar-refractivity contribution is -0.134. The van der Waals surface area contributed by atoms with Crippen LogP contribution in [0, 0.1) is 5.92 Å². The standard InChI is InChI=1S/C34H39N3O4/c1-24(38)35-30-17-13-29(14-18-30)34(40)37(32-7-5-6-25(22-32)10-21-33(39)41-4)23-26-8-11-27(12-9-26)28-15-19-31(20-16-28)36(2)3/h5-12,15-16,19-22,29-30H,13-14,17-18,23H2,1-4H3,(H,35,38)/b21-10+/t29-,30-. The monoisotopic (exact) mass is 553 g/mol. The Hall–Kier alpha value is -4.39. The largest absolute Gasteiger partial charge is 0.466 e. The smallest absolute Gasteiger partial charge is 0.330 e. The molecule has 2 amide bonds. The van der Waals surface area contributed by atoms with Gasteiger partial charge in [-0.3, -0.25) is 9.59 Å². The Kier molecular flexibility index (Phi) is 9.95. The molecule has 3 aromatic rings. The molecular weight excluding hydrogens is 514 g/mol. The van der Waals surface area contributed by atoms with Gasteiger partial charge in [0.05, 0.1) is 13.7 Å². The molecule has 0 radical (unpaired) electrons. The second kappa shape index (κ2) is 13.8. The molecule has 1 fully saturated rings. The minimum absolute atomic E-state index is 0.0321. The van der Waals surface area contributed by atoms with Gasteiger partial charge in [-0.1, -0.05) is 48.5 Å². The fourth-order valence-corrected chi connectivity index (χ4v) is 5.25. The van der Waals surface area contributed by atoms with E-state index in [1.54, 1.807) is 6.08 Å². The van der Waals surface area contributed by atoms with Crippen LogP contribution in [-0.2, 0) is 25.7 Å². The van der Waals surface area contributed by atoms with Crippen LogP contribution in [0.4, 0.5) is 11.4 Å². The quantitative estimate of drug-likeness (QED) is 0.266. The highest BCUT2D eigenvalue weighted by Crippen LogP contribution is 2.30. The van der Waals surface area contributed by atoms with Gasteiger partial charge in [0.2, 0.25) is 11.8 Å². The van der Waals surface area contributed by atoms with Crippen molar-refractivity contribution in [2.24, 2.45) is 5.92 Å². The highest BCUT2D eigenvalue weighted by Gasteiger charge is 2.30. The molecule has 1 aliphatic rings. The maximum Gasteiger partial charge on any atom is 0.330 e. The van der Waals surface area contributed by atoms with Gasteiger partial charge in [0.15, 0.2) is 0 Å². The number of rotatable bonds is 9. The number of ether oxygens (including phenoxy) is 1. The van der Waals surface area contributed by atoms with Crippen LogP contribution in [0.2, 0.25) is 0 Å². The molecule has 1 aliphatic carbocycles. The second-order valence-corrected chi connectivity index (χ2v) is 10.8. The van der Waals surface area contributed by atoms with E-state index < -0.39 is 5.97 Å². The van der Waals surface area contributed by atoms with Crippen molar-refractivity contribution in [3.63, 3.8) is 0 Å². The summed E-state index contributed by atoms with van der Waals surface area (Å²) in [6.07, 6.45) is 6.08. The fraction of sp³-hybridized carbons (Fsp3) is 0.324. The van der Waals surface area contributed by atoms with Crippen LogP contribution in [0.1, 0.15) is 43.7 Å². The van der Waals surface area contributed by atoms with Gasteiger partial charge in [-0.15, -0.1) is 0 Å². The lowest BCUT2D eigenvalue weighted by atomic mass is 9.85. The topological polar surface area (TPSA) is 79.0 Å². The molecule has 1 N–H and O–H groups in total. The SMILES string of the molecule is COC(=O)/C=C/c1cccc(N(Cc2ccc(-c3ccc(N(C)C)cc3)cc2)C(=O)[C@H]2CC[C@H](NC(C)=O)CC2)c1. The lowest BCUT2D eigenvalue weighted by Gasteiger charge is -2.32. The number of carbonyl (C=O) groups excluding carboxylic acids is 3. The molecule has 0 spiro atoms. The Morgan fingerprint density at radius 2 is 1.51 bits per heavy atom. The Labute approximate surface area is 242 Å². The van der Waals surface area contributed by atoms with E-state index in [1.807, 2.05) is 43.3 Å². The molecule has 0 heterocycles. The predicted molar refractivity (Wildman–Crippen MR) is 164 cm³/mol. The van der Waals surface area contributed by atoms with E-state index in [0.29, 0.717) is 6.54 Å². The summed E-state index contributed by atoms with van der Waals surface area (Å²) in [6, 6.07) is 24.5. The van der Waals surface area contributed by atoms with Crippen LogP contribution >= 0.6 is 0 Å². The molecule has 7 nitrogen and oxygen atoms in total. The number of benzene rings is 3. The van der Waals surface area contributed by atoms with Crippen LogP contribution in [0.5, 0.6) is 0 Å². The third-order valence-corrected chi connectivity index (χ3v) is 7.56. The van der Waals surface area contributed by atoms with E-state index >= 15 is 0 Å². The maximum atomic E-state index is 14.0. The Bertz CT molecular complexity index is 1370. The normalized spacial score (nSPS) is 16.7. The molecule has 214 valence electrons. The highest BCUT2D eigenvalue weighted by molar-refractivity contribution is 5.95. The zero-order chi connectivity index (χ0) is 29.4. The number of carbonyl (C=O) groups is 3. The molecule has 0 aliphatic heterocycles. The van der Waals surface area contributed by atoms with Crippen molar-refractivity contribution in [3.05, 3.63) is 90.0 Å². The Morgan fingerprint density at radius 1 is 0.878 bits per heavy atom. The van der Waals surface area contributed by atoms with Crippen molar-refractivity contribution in [1.82, 2.24) is 5.32 Å². The summed E-state index contributed by atoms with van der Waals surface area (Å²) in [5, 5.41) is 2.99. The molecule has 1 saturated carbocycles. The molecule has 3 aromatic carbocycles. The number of amides is 2. The number of esters is 1. The van der Waals surface area contributed by atoms with Gasteiger partial charge in [-0.05, 0) is 78.3 Å². The first-order valence-corrected chi connectivity index (χ1v) is 14.0. The third kappa shape index (κ3) is 8.07. The van der Waals surface area contributed by atoms with Crippen LogP contribution in [-0.4, -0.2) is 45.0 Å². The van der Waals surface area contributed by atoms with Crippen molar-refractivity contribution in [2.75, 3.05) is 31.0 Å². The summed E-state index contributed by atoms with van der Waals surface area (Å²) >= 11 is 0. The van der Waals surface area contributed by atoms with E-state index in [4.69, 9.17) is 4.74 Å². The van der Waals surface area contributed by atoms with E-state index in [2.05, 4.69) is 58.7 Å². The van der Waals surface area contributed by atoms with Gasteiger partial charge >= 0.3 is 5.97 Å². The summed E-state index contributed by atoms with van der Waals surface area (Å²) in [5.41, 5.74) is 5.99. The number of nitrogens with zero attached hydrogens (tertiary/aromatic N) is 2. The molecule has 0 saturated heterocycles. The highest BCUT2D eigenvalue weighted by atomic mass is 16.5. The van der Waals surface area contributed by atoms with E-state index in [-0.39, 0.29) is 23.8 Å². The van der Waals surface area contributed by atoms with Crippen molar-refractivity contribution in [1.29, 1.82) is 0 Å². The minimum atomic E-state index is -0.435. The number of methoxy groups -OCH3 is 1. The first-order valence-electron chi connectivity index (χ1n) is 14.0. The lowest BCUT2D eigenvalue weighted by Crippen LogP contribution is -2.41. The predicted octanol–water partition coefficient (Wildman–Crippen LogP) is 5.83. The van der Waals surface area contributed by atoms with Crippen LogP contribution < -0.4 is 15.1 Å². The summed E-state index contributed by atoms with van der Waals surface area (Å²) in [7, 11) is 5.39. The van der Waals surface area contributed by atoms with E-state index in [1.165, 1.54) is 20.1 Å². The first kappa shape index (κ1) is 29.6. The summed E-state index contributed by atoms with van der Waals surface area (Å²) in [4.78, 5) is 41.0.